The van der Waals surface area contributed by atoms with Gasteiger partial charge in [0.05, 0.1) is 34.7 Å². The third-order valence-corrected chi connectivity index (χ3v) is 17.8. The molecular formula is C40H51NO15S. The summed E-state index contributed by atoms with van der Waals surface area (Å²) < 4.78 is 68.1. The molecule has 1 spiro atoms. The summed E-state index contributed by atoms with van der Waals surface area (Å²) in [6.45, 7) is 12.1. The maximum absolute atomic E-state index is 14.2. The summed E-state index contributed by atoms with van der Waals surface area (Å²) >= 11 is 0. The monoisotopic (exact) mass is 817 g/mol. The number of aliphatic hydroxyl groups is 3. The topological polar surface area (TPSA) is 237 Å². The molecule has 3 heterocycles. The van der Waals surface area contributed by atoms with E-state index in [2.05, 4.69) is 4.72 Å². The highest BCUT2D eigenvalue weighted by Gasteiger charge is 2.93. The first kappa shape index (κ1) is 39.3. The van der Waals surface area contributed by atoms with Crippen molar-refractivity contribution < 1.29 is 71.3 Å². The van der Waals surface area contributed by atoms with Crippen LogP contribution in [0.5, 0.6) is 0 Å². The van der Waals surface area contributed by atoms with E-state index in [-0.39, 0.29) is 11.3 Å². The molecule has 57 heavy (non-hydrogen) atoms. The minimum Gasteiger partial charge on any atom is -0.459 e. The number of carbonyl (C=O) groups excluding carboxylic acids is 4. The van der Waals surface area contributed by atoms with Gasteiger partial charge in [0.1, 0.15) is 30.5 Å². The van der Waals surface area contributed by atoms with Crippen molar-refractivity contribution in [2.24, 2.45) is 57.7 Å². The van der Waals surface area contributed by atoms with Gasteiger partial charge >= 0.3 is 23.9 Å². The molecule has 0 bridgehead atoms. The molecule has 312 valence electrons. The minimum atomic E-state index is -4.32. The SMILES string of the molecule is CC(=O)O[C@H]1[C@H]2[C@@H]([C@@H](O)[C@@H](NS(=O)(=O)c3ccccc3)[C@H]3C[C@@H]4O[C@@H]4[C@H](OC(C)=O)[C@]23C)[C@@H]2[C@@H](O)[C@@H]3[C@H]([C@H](C)[C@H]4O[C@]45OC(=O)[C@@](C)(O)[C@]35C)[C@@]2(C)[C@H]1OC(C)=O. The Morgan fingerprint density at radius 3 is 2.07 bits per heavy atom. The molecule has 1 aromatic carbocycles. The molecule has 1 aromatic rings. The number of esters is 4. The van der Waals surface area contributed by atoms with Crippen LogP contribution in [0.4, 0.5) is 0 Å². The fourth-order valence-corrected chi connectivity index (χ4v) is 15.5. The van der Waals surface area contributed by atoms with E-state index in [1.807, 2.05) is 6.92 Å². The molecular weight excluding hydrogens is 766 g/mol. The number of rotatable bonds is 6. The van der Waals surface area contributed by atoms with Gasteiger partial charge in [0, 0.05) is 49.4 Å². The first-order valence-electron chi connectivity index (χ1n) is 19.8. The van der Waals surface area contributed by atoms with Gasteiger partial charge in [-0.25, -0.2) is 17.9 Å². The number of nitrogens with one attached hydrogen (secondary N) is 1. The molecule has 0 unspecified atom stereocenters. The van der Waals surface area contributed by atoms with E-state index in [9.17, 15) is 42.9 Å². The summed E-state index contributed by atoms with van der Waals surface area (Å²) in [7, 11) is -4.32. The Balaban J connectivity index is 1.29. The van der Waals surface area contributed by atoms with Crippen LogP contribution in [0.15, 0.2) is 35.2 Å². The van der Waals surface area contributed by atoms with Gasteiger partial charge in [0.15, 0.2) is 5.60 Å². The molecule has 0 aromatic heterocycles. The van der Waals surface area contributed by atoms with Crippen LogP contribution < -0.4 is 4.72 Å². The van der Waals surface area contributed by atoms with Crippen LogP contribution in [0.2, 0.25) is 0 Å². The molecule has 9 rings (SSSR count). The number of hydrogen-bond acceptors (Lipinski definition) is 15. The molecule has 5 saturated carbocycles. The minimum absolute atomic E-state index is 0.0542. The van der Waals surface area contributed by atoms with Crippen molar-refractivity contribution >= 4 is 33.9 Å². The van der Waals surface area contributed by atoms with Gasteiger partial charge in [0.25, 0.3) is 0 Å². The standard InChI is InChI=1S/C40H51NO15S/c1-15-23-26(38(7)39(8,48)35(47)56-40(38)32(15)55-40)29(46)24-22-25(31(51-16(2)42)34(37(23,24)6)53-18(4)44)36(5)20(14-21-30(54-21)33(36)52-17(3)43)27(28(22)45)41-57(49,50)19-12-10-9-11-13-19/h9-13,15,20-34,41,45-46,48H,14H2,1-8H3/t15-,20+,21-,22-,23-,24+,25+,26-,27-,28+,29+,30-,31-,32+,33-,34-,36-,37+,38-,39+,40-/m0/s1. The predicted molar refractivity (Wildman–Crippen MR) is 191 cm³/mol. The van der Waals surface area contributed by atoms with Crippen molar-refractivity contribution in [1.82, 2.24) is 4.72 Å². The van der Waals surface area contributed by atoms with Crippen LogP contribution in [0, 0.1) is 57.7 Å². The van der Waals surface area contributed by atoms with Crippen molar-refractivity contribution in [2.45, 2.75) is 133 Å². The molecule has 16 nitrogen and oxygen atoms in total. The lowest BCUT2D eigenvalue weighted by atomic mass is 9.40. The zero-order valence-corrected chi connectivity index (χ0v) is 33.8. The largest absolute Gasteiger partial charge is 0.459 e. The molecule has 5 aliphatic carbocycles. The molecule has 0 amide bonds. The second kappa shape index (κ2) is 12.0. The lowest BCUT2D eigenvalue weighted by Crippen LogP contribution is -2.77. The Kier molecular flexibility index (Phi) is 8.25. The smallest absolute Gasteiger partial charge is 0.341 e. The number of fused-ring (bicyclic) bond motifs is 9. The fourth-order valence-electron chi connectivity index (χ4n) is 14.2. The first-order chi connectivity index (χ1) is 26.5. The number of ether oxygens (including phenoxy) is 6. The first-order valence-corrected chi connectivity index (χ1v) is 21.2. The maximum atomic E-state index is 14.2. The van der Waals surface area contributed by atoms with Crippen LogP contribution in [0.1, 0.15) is 61.8 Å². The number of hydrogen-bond donors (Lipinski definition) is 4. The average Bonchev–Trinajstić information content (AvgIpc) is 4.03. The summed E-state index contributed by atoms with van der Waals surface area (Å²) in [4.78, 5) is 53.0. The Morgan fingerprint density at radius 1 is 0.842 bits per heavy atom. The normalized spacial score (nSPS) is 53.6. The van der Waals surface area contributed by atoms with E-state index in [1.54, 1.807) is 39.0 Å². The molecule has 0 radical (unpaired) electrons. The summed E-state index contributed by atoms with van der Waals surface area (Å²) in [6, 6.07) is 6.40. The van der Waals surface area contributed by atoms with E-state index in [0.717, 1.165) is 0 Å². The zero-order valence-electron chi connectivity index (χ0n) is 33.0. The highest BCUT2D eigenvalue weighted by molar-refractivity contribution is 7.89. The van der Waals surface area contributed by atoms with Crippen LogP contribution in [-0.2, 0) is 57.6 Å². The lowest BCUT2D eigenvalue weighted by molar-refractivity contribution is -0.285. The molecule has 21 atom stereocenters. The number of benzene rings is 1. The summed E-state index contributed by atoms with van der Waals surface area (Å²) in [5.74, 6) is -10.9. The van der Waals surface area contributed by atoms with Crippen molar-refractivity contribution in [3.8, 4) is 0 Å². The van der Waals surface area contributed by atoms with Gasteiger partial charge in [-0.05, 0) is 56.1 Å². The maximum Gasteiger partial charge on any atom is 0.341 e. The van der Waals surface area contributed by atoms with E-state index < -0.39 is 158 Å². The van der Waals surface area contributed by atoms with E-state index >= 15 is 0 Å². The van der Waals surface area contributed by atoms with Gasteiger partial charge in [-0.2, -0.15) is 0 Å². The zero-order chi connectivity index (χ0) is 41.3. The van der Waals surface area contributed by atoms with E-state index in [4.69, 9.17) is 28.4 Å². The van der Waals surface area contributed by atoms with Crippen molar-refractivity contribution in [1.29, 1.82) is 0 Å². The Morgan fingerprint density at radius 2 is 1.46 bits per heavy atom. The highest BCUT2D eigenvalue weighted by Crippen LogP contribution is 2.81. The molecule has 8 fully saturated rings. The Hall–Kier alpha value is -3.19. The van der Waals surface area contributed by atoms with Gasteiger partial charge < -0.3 is 43.7 Å². The highest BCUT2D eigenvalue weighted by atomic mass is 32.2. The van der Waals surface area contributed by atoms with E-state index in [1.165, 1.54) is 39.8 Å². The summed E-state index contributed by atoms with van der Waals surface area (Å²) in [6.07, 6.45) is -8.31. The molecule has 3 saturated heterocycles. The Bertz CT molecular complexity index is 2050. The number of aliphatic hydroxyl groups excluding tert-OH is 2. The molecule has 17 heteroatoms. The van der Waals surface area contributed by atoms with Gasteiger partial charge in [-0.15, -0.1) is 0 Å². The molecule has 3 aliphatic heterocycles. The Labute approximate surface area is 330 Å². The van der Waals surface area contributed by atoms with Crippen LogP contribution in [0.25, 0.3) is 0 Å². The van der Waals surface area contributed by atoms with E-state index in [0.29, 0.717) is 0 Å². The van der Waals surface area contributed by atoms with Crippen molar-refractivity contribution in [2.75, 3.05) is 0 Å². The predicted octanol–water partition coefficient (Wildman–Crippen LogP) is 0.831. The van der Waals surface area contributed by atoms with Crippen LogP contribution in [-0.4, -0.2) is 114 Å². The third kappa shape index (κ3) is 4.73. The van der Waals surface area contributed by atoms with Gasteiger partial charge in [0.2, 0.25) is 15.8 Å². The third-order valence-electron chi connectivity index (χ3n) is 16.3. The second-order valence-corrected chi connectivity index (χ2v) is 20.4. The van der Waals surface area contributed by atoms with Gasteiger partial charge in [-0.3, -0.25) is 14.4 Å². The number of sulfonamides is 1. The average molecular weight is 818 g/mol. The van der Waals surface area contributed by atoms with Gasteiger partial charge in [-0.1, -0.05) is 39.0 Å². The number of carbonyl (C=O) groups is 4. The van der Waals surface area contributed by atoms with Crippen molar-refractivity contribution in [3.63, 3.8) is 0 Å². The second-order valence-electron chi connectivity index (χ2n) is 18.7. The lowest BCUT2D eigenvalue weighted by Gasteiger charge is -2.67. The van der Waals surface area contributed by atoms with Crippen LogP contribution in [0.3, 0.4) is 0 Å². The van der Waals surface area contributed by atoms with Crippen LogP contribution >= 0.6 is 0 Å². The summed E-state index contributed by atoms with van der Waals surface area (Å²) in [5.41, 5.74) is -6.49. The molecule has 4 N–H and O–H groups in total. The quantitative estimate of drug-likeness (QED) is 0.177. The van der Waals surface area contributed by atoms with Crippen molar-refractivity contribution in [3.05, 3.63) is 30.3 Å². The number of epoxide rings is 2. The fraction of sp³-hybridized carbons (Fsp3) is 0.750. The molecule has 8 aliphatic rings. The summed E-state index contributed by atoms with van der Waals surface area (Å²) in [5, 5.41) is 38.3.